The minimum atomic E-state index is -1.11. The molecule has 0 aliphatic carbocycles. The second kappa shape index (κ2) is 16.8. The van der Waals surface area contributed by atoms with Crippen LogP contribution >= 0.6 is 11.8 Å². The van der Waals surface area contributed by atoms with Crippen molar-refractivity contribution in [3.63, 3.8) is 0 Å². The lowest BCUT2D eigenvalue weighted by Gasteiger charge is -2.21. The number of carboxylic acid groups (broad SMARTS) is 1. The van der Waals surface area contributed by atoms with E-state index >= 15 is 0 Å². The lowest BCUT2D eigenvalue weighted by Crippen LogP contribution is -2.36. The van der Waals surface area contributed by atoms with E-state index in [1.54, 1.807) is 12.1 Å². The van der Waals surface area contributed by atoms with E-state index in [4.69, 9.17) is 5.11 Å². The average molecular weight is 462 g/mol. The molecule has 1 rings (SSSR count). The molecule has 0 aromatic heterocycles. The van der Waals surface area contributed by atoms with Crippen molar-refractivity contribution in [1.29, 1.82) is 0 Å². The minimum absolute atomic E-state index is 0.272. The van der Waals surface area contributed by atoms with Gasteiger partial charge in [0.1, 0.15) is 6.54 Å². The minimum Gasteiger partial charge on any atom is -0.545 e. The molecule has 1 aromatic carbocycles. The number of nitrogens with zero attached hydrogens (tertiary/aromatic N) is 1. The molecular weight excluding hydrogens is 418 g/mol. The van der Waals surface area contributed by atoms with Crippen molar-refractivity contribution in [3.8, 4) is 0 Å². The monoisotopic (exact) mass is 461 g/mol. The third-order valence-electron chi connectivity index (χ3n) is 4.67. The van der Waals surface area contributed by atoms with Crippen LogP contribution in [-0.4, -0.2) is 55.6 Å². The molecule has 0 amide bonds. The highest BCUT2D eigenvalue weighted by Gasteiger charge is 2.03. The van der Waals surface area contributed by atoms with E-state index in [0.29, 0.717) is 0 Å². The Morgan fingerprint density at radius 2 is 1.53 bits per heavy atom. The predicted octanol–water partition coefficient (Wildman–Crippen LogP) is 5.25. The quantitative estimate of drug-likeness (QED) is 0.262. The SMILES string of the molecule is CC(C)=CCCC(C)=CCCC(C)=CCSc1ccccc1C(=O)[O-].C[N+](C)(C)CCO. The van der Waals surface area contributed by atoms with E-state index in [-0.39, 0.29) is 12.2 Å². The highest BCUT2D eigenvalue weighted by atomic mass is 32.2. The van der Waals surface area contributed by atoms with Crippen LogP contribution in [0.15, 0.2) is 64.1 Å². The molecule has 0 fully saturated rings. The zero-order valence-electron chi connectivity index (χ0n) is 21.1. The highest BCUT2D eigenvalue weighted by molar-refractivity contribution is 7.99. The van der Waals surface area contributed by atoms with Crippen molar-refractivity contribution in [2.24, 2.45) is 0 Å². The standard InChI is InChI=1S/C22H30O2S.C5H14NO/c1-17(2)9-7-10-18(3)11-8-12-19(4)15-16-25-21-14-6-5-13-20(21)22(23)24;1-6(2,3)4-5-7/h5-6,9,11,13-15H,7-8,10,12,16H2,1-4H3,(H,23,24);7H,4-5H2,1-3H3/q;+1/p-1. The summed E-state index contributed by atoms with van der Waals surface area (Å²) in [6.07, 6.45) is 11.1. The van der Waals surface area contributed by atoms with E-state index in [9.17, 15) is 9.90 Å². The van der Waals surface area contributed by atoms with E-state index in [2.05, 4.69) is 67.1 Å². The highest BCUT2D eigenvalue weighted by Crippen LogP contribution is 2.23. The Morgan fingerprint density at radius 1 is 0.969 bits per heavy atom. The maximum absolute atomic E-state index is 11.1. The Morgan fingerprint density at radius 3 is 2.03 bits per heavy atom. The van der Waals surface area contributed by atoms with Crippen LogP contribution in [-0.2, 0) is 0 Å². The number of aliphatic hydroxyl groups excluding tert-OH is 1. The molecule has 5 heteroatoms. The summed E-state index contributed by atoms with van der Waals surface area (Å²) in [7, 11) is 6.16. The summed E-state index contributed by atoms with van der Waals surface area (Å²) < 4.78 is 0.844. The summed E-state index contributed by atoms with van der Waals surface area (Å²) in [5, 5.41) is 19.5. The van der Waals surface area contributed by atoms with Crippen LogP contribution < -0.4 is 5.11 Å². The first kappa shape index (κ1) is 30.2. The Labute approximate surface area is 200 Å². The van der Waals surface area contributed by atoms with E-state index < -0.39 is 5.97 Å². The molecule has 0 unspecified atom stereocenters. The molecule has 0 atom stereocenters. The number of carbonyl (C=O) groups is 1. The van der Waals surface area contributed by atoms with Gasteiger partial charge in [-0.2, -0.15) is 0 Å². The lowest BCUT2D eigenvalue weighted by molar-refractivity contribution is -0.870. The smallest absolute Gasteiger partial charge is 0.101 e. The first-order chi connectivity index (χ1) is 15.0. The van der Waals surface area contributed by atoms with Gasteiger partial charge in [-0.05, 0) is 59.4 Å². The predicted molar refractivity (Wildman–Crippen MR) is 137 cm³/mol. The molecule has 0 spiro atoms. The fourth-order valence-electron chi connectivity index (χ4n) is 2.67. The number of likely N-dealkylation sites (N-methyl/N-ethyl adjacent to an activating group) is 1. The molecule has 32 heavy (non-hydrogen) atoms. The summed E-state index contributed by atoms with van der Waals surface area (Å²) >= 11 is 1.54. The molecule has 0 radical (unpaired) electrons. The molecule has 0 saturated heterocycles. The maximum atomic E-state index is 11.1. The lowest BCUT2D eigenvalue weighted by atomic mass is 10.1. The molecule has 1 aromatic rings. The zero-order valence-corrected chi connectivity index (χ0v) is 21.9. The van der Waals surface area contributed by atoms with Crippen molar-refractivity contribution in [2.75, 3.05) is 40.0 Å². The van der Waals surface area contributed by atoms with Crippen molar-refractivity contribution in [1.82, 2.24) is 0 Å². The first-order valence-electron chi connectivity index (χ1n) is 11.3. The van der Waals surface area contributed by atoms with E-state index in [1.165, 1.54) is 28.5 Å². The summed E-state index contributed by atoms with van der Waals surface area (Å²) in [4.78, 5) is 11.9. The summed E-state index contributed by atoms with van der Waals surface area (Å²) in [6, 6.07) is 7.01. The molecule has 0 bridgehead atoms. The van der Waals surface area contributed by atoms with Crippen molar-refractivity contribution in [3.05, 3.63) is 64.8 Å². The summed E-state index contributed by atoms with van der Waals surface area (Å²) in [6.45, 7) is 9.72. The number of carboxylic acids is 1. The van der Waals surface area contributed by atoms with Gasteiger partial charge in [0, 0.05) is 16.2 Å². The molecular formula is C27H43NO3S. The van der Waals surface area contributed by atoms with Gasteiger partial charge < -0.3 is 19.5 Å². The van der Waals surface area contributed by atoms with Gasteiger partial charge in [0.2, 0.25) is 0 Å². The van der Waals surface area contributed by atoms with Gasteiger partial charge in [-0.15, -0.1) is 11.8 Å². The number of quaternary nitrogens is 1. The Balaban J connectivity index is 0.00000118. The van der Waals surface area contributed by atoms with Gasteiger partial charge in [-0.25, -0.2) is 0 Å². The van der Waals surface area contributed by atoms with Crippen LogP contribution in [0.5, 0.6) is 0 Å². The normalized spacial score (nSPS) is 12.1. The fourth-order valence-corrected chi connectivity index (χ4v) is 3.70. The number of aliphatic hydroxyl groups is 1. The van der Waals surface area contributed by atoms with Crippen LogP contribution in [0.4, 0.5) is 0 Å². The molecule has 0 aliphatic rings. The van der Waals surface area contributed by atoms with Crippen LogP contribution in [0.3, 0.4) is 0 Å². The van der Waals surface area contributed by atoms with Crippen molar-refractivity contribution >= 4 is 17.7 Å². The number of aromatic carboxylic acids is 1. The van der Waals surface area contributed by atoms with Crippen LogP contribution in [0.2, 0.25) is 0 Å². The molecule has 0 saturated carbocycles. The molecule has 180 valence electrons. The van der Waals surface area contributed by atoms with E-state index in [0.717, 1.165) is 47.4 Å². The van der Waals surface area contributed by atoms with Crippen molar-refractivity contribution < 1.29 is 19.5 Å². The molecule has 1 N–H and O–H groups in total. The van der Waals surface area contributed by atoms with Gasteiger partial charge in [0.05, 0.1) is 33.7 Å². The third-order valence-corrected chi connectivity index (χ3v) is 5.67. The number of rotatable bonds is 12. The third kappa shape index (κ3) is 16.8. The number of benzene rings is 1. The Bertz CT molecular complexity index is 769. The van der Waals surface area contributed by atoms with Crippen molar-refractivity contribution in [2.45, 2.75) is 58.3 Å². The largest absolute Gasteiger partial charge is 0.545 e. The van der Waals surface area contributed by atoms with Crippen LogP contribution in [0.25, 0.3) is 0 Å². The van der Waals surface area contributed by atoms with Gasteiger partial charge in [-0.1, -0.05) is 53.1 Å². The number of hydrogen-bond acceptors (Lipinski definition) is 4. The van der Waals surface area contributed by atoms with E-state index in [1.807, 2.05) is 12.1 Å². The van der Waals surface area contributed by atoms with Crippen LogP contribution in [0, 0.1) is 0 Å². The van der Waals surface area contributed by atoms with Gasteiger partial charge in [0.15, 0.2) is 0 Å². The second-order valence-electron chi connectivity index (χ2n) is 9.29. The maximum Gasteiger partial charge on any atom is 0.101 e. The molecule has 4 nitrogen and oxygen atoms in total. The number of hydrogen-bond donors (Lipinski definition) is 1. The topological polar surface area (TPSA) is 60.4 Å². The molecule has 0 heterocycles. The van der Waals surface area contributed by atoms with Gasteiger partial charge in [0.25, 0.3) is 0 Å². The summed E-state index contributed by atoms with van der Waals surface area (Å²) in [5.74, 6) is -0.336. The van der Waals surface area contributed by atoms with Gasteiger partial charge in [-0.3, -0.25) is 0 Å². The Hall–Kier alpha value is -1.82. The van der Waals surface area contributed by atoms with Crippen LogP contribution in [0.1, 0.15) is 63.7 Å². The molecule has 0 aliphatic heterocycles. The second-order valence-corrected chi connectivity index (χ2v) is 10.4. The number of thioether (sulfide) groups is 1. The first-order valence-corrected chi connectivity index (χ1v) is 12.2. The Kier molecular flexibility index (Phi) is 15.8. The number of allylic oxidation sites excluding steroid dienone is 5. The average Bonchev–Trinajstić information content (AvgIpc) is 2.67. The number of carbonyl (C=O) groups excluding carboxylic acids is 1. The fraction of sp³-hybridized carbons (Fsp3) is 0.519. The summed E-state index contributed by atoms with van der Waals surface area (Å²) in [5.41, 5.74) is 4.44. The van der Waals surface area contributed by atoms with Gasteiger partial charge >= 0.3 is 0 Å². The zero-order chi connectivity index (χ0) is 24.6.